The van der Waals surface area contributed by atoms with Crippen LogP contribution in [0.15, 0.2) is 0 Å². The van der Waals surface area contributed by atoms with Crippen LogP contribution in [-0.2, 0) is 9.47 Å². The average Bonchev–Trinajstić information content (AvgIpc) is 2.31. The summed E-state index contributed by atoms with van der Waals surface area (Å²) in [6.45, 7) is 7.14. The van der Waals surface area contributed by atoms with Gasteiger partial charge in [0.1, 0.15) is 0 Å². The summed E-state index contributed by atoms with van der Waals surface area (Å²) in [5.41, 5.74) is 5.70. The highest BCUT2D eigenvalue weighted by Crippen LogP contribution is 2.27. The van der Waals surface area contributed by atoms with Gasteiger partial charge in [-0.3, -0.25) is 4.90 Å². The summed E-state index contributed by atoms with van der Waals surface area (Å²) in [5, 5.41) is 0. The van der Waals surface area contributed by atoms with Crippen LogP contribution in [0.2, 0.25) is 0 Å². The van der Waals surface area contributed by atoms with Gasteiger partial charge in [0.05, 0.1) is 5.54 Å². The third-order valence-corrected chi connectivity index (χ3v) is 3.86. The van der Waals surface area contributed by atoms with Crippen LogP contribution in [0.1, 0.15) is 26.7 Å². The summed E-state index contributed by atoms with van der Waals surface area (Å²) < 4.78 is 10.8. The number of rotatable bonds is 5. The van der Waals surface area contributed by atoms with Crippen molar-refractivity contribution in [1.82, 2.24) is 4.90 Å². The largest absolute Gasteiger partial charge is 0.354 e. The summed E-state index contributed by atoms with van der Waals surface area (Å²) in [7, 11) is 3.35. The van der Waals surface area contributed by atoms with E-state index in [-0.39, 0.29) is 11.8 Å². The number of ether oxygens (including phenoxy) is 2. The van der Waals surface area contributed by atoms with E-state index in [0.29, 0.717) is 6.54 Å². The van der Waals surface area contributed by atoms with E-state index in [1.807, 2.05) is 0 Å². The zero-order chi connectivity index (χ0) is 12.2. The summed E-state index contributed by atoms with van der Waals surface area (Å²) >= 11 is 0. The van der Waals surface area contributed by atoms with Crippen molar-refractivity contribution in [3.05, 3.63) is 0 Å². The van der Waals surface area contributed by atoms with Crippen molar-refractivity contribution in [2.24, 2.45) is 11.7 Å². The molecule has 1 saturated heterocycles. The Morgan fingerprint density at radius 2 is 1.81 bits per heavy atom. The number of methoxy groups -OCH3 is 2. The first kappa shape index (κ1) is 13.9. The lowest BCUT2D eigenvalue weighted by Crippen LogP contribution is -2.61. The molecule has 2 N–H and O–H groups in total. The van der Waals surface area contributed by atoms with E-state index in [4.69, 9.17) is 15.2 Å². The molecule has 1 aliphatic rings. The van der Waals surface area contributed by atoms with Crippen LogP contribution in [0.5, 0.6) is 0 Å². The van der Waals surface area contributed by atoms with Gasteiger partial charge in [-0.25, -0.2) is 0 Å². The number of likely N-dealkylation sites (tertiary alicyclic amines) is 1. The standard InChI is InChI=1S/C12H26N2O2/c1-10-5-7-14(8-6-10)12(2,9-13)11(15-3)16-4/h10-11H,5-9,13H2,1-4H3. The quantitative estimate of drug-likeness (QED) is 0.717. The first-order chi connectivity index (χ1) is 7.58. The minimum absolute atomic E-state index is 0.219. The zero-order valence-corrected chi connectivity index (χ0v) is 11.0. The minimum Gasteiger partial charge on any atom is -0.354 e. The molecule has 1 aliphatic heterocycles. The lowest BCUT2D eigenvalue weighted by molar-refractivity contribution is -0.184. The second-order valence-electron chi connectivity index (χ2n) is 5.03. The monoisotopic (exact) mass is 230 g/mol. The molecular formula is C12H26N2O2. The van der Waals surface area contributed by atoms with E-state index in [9.17, 15) is 0 Å². The van der Waals surface area contributed by atoms with Crippen LogP contribution in [0, 0.1) is 5.92 Å². The molecule has 0 bridgehead atoms. The molecule has 0 amide bonds. The highest BCUT2D eigenvalue weighted by Gasteiger charge is 2.40. The molecule has 4 heteroatoms. The van der Waals surface area contributed by atoms with E-state index < -0.39 is 0 Å². The first-order valence-corrected chi connectivity index (χ1v) is 6.09. The van der Waals surface area contributed by atoms with Gasteiger partial charge in [-0.2, -0.15) is 0 Å². The first-order valence-electron chi connectivity index (χ1n) is 6.09. The van der Waals surface area contributed by atoms with Gasteiger partial charge in [-0.1, -0.05) is 6.92 Å². The Kier molecular flexibility index (Phi) is 5.18. The van der Waals surface area contributed by atoms with Crippen molar-refractivity contribution in [2.45, 2.75) is 38.5 Å². The fraction of sp³-hybridized carbons (Fsp3) is 1.00. The van der Waals surface area contributed by atoms with Crippen LogP contribution < -0.4 is 5.73 Å². The van der Waals surface area contributed by atoms with Crippen LogP contribution in [0.3, 0.4) is 0 Å². The summed E-state index contributed by atoms with van der Waals surface area (Å²) in [6.07, 6.45) is 2.21. The number of piperidine rings is 1. The summed E-state index contributed by atoms with van der Waals surface area (Å²) in [4.78, 5) is 2.41. The SMILES string of the molecule is COC(OC)C(C)(CN)N1CCC(C)CC1. The third kappa shape index (κ3) is 2.74. The second-order valence-corrected chi connectivity index (χ2v) is 5.03. The highest BCUT2D eigenvalue weighted by molar-refractivity contribution is 4.92. The van der Waals surface area contributed by atoms with Crippen LogP contribution in [-0.4, -0.2) is 50.6 Å². The zero-order valence-electron chi connectivity index (χ0n) is 11.0. The lowest BCUT2D eigenvalue weighted by atomic mass is 9.91. The summed E-state index contributed by atoms with van der Waals surface area (Å²) in [5.74, 6) is 0.821. The Hall–Kier alpha value is -0.160. The molecule has 4 nitrogen and oxygen atoms in total. The third-order valence-electron chi connectivity index (χ3n) is 3.86. The number of nitrogens with two attached hydrogens (primary N) is 1. The Balaban J connectivity index is 2.70. The van der Waals surface area contributed by atoms with E-state index in [0.717, 1.165) is 19.0 Å². The molecule has 1 heterocycles. The molecule has 16 heavy (non-hydrogen) atoms. The highest BCUT2D eigenvalue weighted by atomic mass is 16.7. The fourth-order valence-electron chi connectivity index (χ4n) is 2.50. The molecule has 1 atom stereocenters. The molecule has 96 valence electrons. The fourth-order valence-corrected chi connectivity index (χ4v) is 2.50. The van der Waals surface area contributed by atoms with Crippen molar-refractivity contribution < 1.29 is 9.47 Å². The Morgan fingerprint density at radius 3 is 2.19 bits per heavy atom. The Bertz CT molecular complexity index is 201. The van der Waals surface area contributed by atoms with Crippen LogP contribution >= 0.6 is 0 Å². The number of hydrogen-bond donors (Lipinski definition) is 1. The topological polar surface area (TPSA) is 47.7 Å². The molecule has 0 saturated carbocycles. The molecule has 0 aliphatic carbocycles. The molecule has 1 fully saturated rings. The van der Waals surface area contributed by atoms with Crippen molar-refractivity contribution in [3.8, 4) is 0 Å². The molecule has 0 radical (unpaired) electrons. The van der Waals surface area contributed by atoms with Gasteiger partial charge in [-0.15, -0.1) is 0 Å². The van der Waals surface area contributed by atoms with Crippen LogP contribution in [0.4, 0.5) is 0 Å². The average molecular weight is 230 g/mol. The number of hydrogen-bond acceptors (Lipinski definition) is 4. The van der Waals surface area contributed by atoms with Gasteiger partial charge in [0, 0.05) is 20.8 Å². The van der Waals surface area contributed by atoms with Gasteiger partial charge >= 0.3 is 0 Å². The Labute approximate surface area is 99.1 Å². The van der Waals surface area contributed by atoms with Gasteiger partial charge in [-0.05, 0) is 38.8 Å². The van der Waals surface area contributed by atoms with E-state index >= 15 is 0 Å². The second kappa shape index (κ2) is 5.96. The molecule has 0 aromatic rings. The maximum atomic E-state index is 5.92. The Morgan fingerprint density at radius 1 is 1.31 bits per heavy atom. The van der Waals surface area contributed by atoms with Crippen molar-refractivity contribution in [2.75, 3.05) is 33.9 Å². The molecule has 0 aromatic carbocycles. The predicted molar refractivity (Wildman–Crippen MR) is 65.2 cm³/mol. The van der Waals surface area contributed by atoms with Crippen molar-refractivity contribution >= 4 is 0 Å². The van der Waals surface area contributed by atoms with Gasteiger partial charge in [0.2, 0.25) is 0 Å². The maximum Gasteiger partial charge on any atom is 0.176 e. The van der Waals surface area contributed by atoms with Crippen molar-refractivity contribution in [3.63, 3.8) is 0 Å². The van der Waals surface area contributed by atoms with E-state index in [1.165, 1.54) is 12.8 Å². The molecule has 0 spiro atoms. The molecule has 0 aromatic heterocycles. The predicted octanol–water partition coefficient (Wildman–Crippen LogP) is 1.05. The molecular weight excluding hydrogens is 204 g/mol. The van der Waals surface area contributed by atoms with Gasteiger partial charge in [0.25, 0.3) is 0 Å². The minimum atomic E-state index is -0.258. The van der Waals surface area contributed by atoms with E-state index in [2.05, 4.69) is 18.7 Å². The summed E-state index contributed by atoms with van der Waals surface area (Å²) in [6, 6.07) is 0. The van der Waals surface area contributed by atoms with Crippen molar-refractivity contribution in [1.29, 1.82) is 0 Å². The molecule has 1 rings (SSSR count). The van der Waals surface area contributed by atoms with Crippen LogP contribution in [0.25, 0.3) is 0 Å². The lowest BCUT2D eigenvalue weighted by Gasteiger charge is -2.46. The number of nitrogens with zero attached hydrogens (tertiary/aromatic N) is 1. The van der Waals surface area contributed by atoms with E-state index in [1.54, 1.807) is 14.2 Å². The van der Waals surface area contributed by atoms with Gasteiger partial charge < -0.3 is 15.2 Å². The maximum absolute atomic E-state index is 5.92. The smallest absolute Gasteiger partial charge is 0.176 e. The molecule has 1 unspecified atom stereocenters. The van der Waals surface area contributed by atoms with Gasteiger partial charge in [0.15, 0.2) is 6.29 Å². The normalized spacial score (nSPS) is 23.6.